The zero-order valence-electron chi connectivity index (χ0n) is 9.63. The van der Waals surface area contributed by atoms with Crippen LogP contribution in [0.5, 0.6) is 0 Å². The molecule has 1 atom stereocenters. The average Bonchev–Trinajstić information content (AvgIpc) is 2.25. The van der Waals surface area contributed by atoms with Crippen molar-refractivity contribution in [2.45, 2.75) is 26.3 Å². The SMILES string of the molecule is CC(C)CC(/N=C/c1ccccc1)C(=O)O. The summed E-state index contributed by atoms with van der Waals surface area (Å²) >= 11 is 0. The van der Waals surface area contributed by atoms with E-state index in [2.05, 4.69) is 4.99 Å². The summed E-state index contributed by atoms with van der Waals surface area (Å²) < 4.78 is 0. The number of aliphatic imine (C=N–C) groups is 1. The summed E-state index contributed by atoms with van der Waals surface area (Å²) in [5.74, 6) is -0.532. The van der Waals surface area contributed by atoms with Crippen LogP contribution in [0.2, 0.25) is 0 Å². The fraction of sp³-hybridized carbons (Fsp3) is 0.385. The van der Waals surface area contributed by atoms with Gasteiger partial charge in [0.2, 0.25) is 0 Å². The molecule has 0 aliphatic rings. The Morgan fingerprint density at radius 2 is 2.00 bits per heavy atom. The van der Waals surface area contributed by atoms with E-state index in [9.17, 15) is 4.79 Å². The quantitative estimate of drug-likeness (QED) is 0.774. The molecule has 1 unspecified atom stereocenters. The summed E-state index contributed by atoms with van der Waals surface area (Å²) in [5, 5.41) is 8.99. The molecule has 0 aliphatic carbocycles. The molecule has 0 saturated carbocycles. The van der Waals surface area contributed by atoms with Gasteiger partial charge in [-0.1, -0.05) is 44.2 Å². The van der Waals surface area contributed by atoms with E-state index in [1.807, 2.05) is 44.2 Å². The molecule has 86 valence electrons. The van der Waals surface area contributed by atoms with Crippen LogP contribution in [0.3, 0.4) is 0 Å². The maximum atomic E-state index is 10.9. The number of carbonyl (C=O) groups is 1. The van der Waals surface area contributed by atoms with Crippen molar-refractivity contribution in [1.82, 2.24) is 0 Å². The lowest BCUT2D eigenvalue weighted by atomic mass is 10.0. The van der Waals surface area contributed by atoms with Crippen molar-refractivity contribution in [1.29, 1.82) is 0 Å². The maximum absolute atomic E-state index is 10.9. The van der Waals surface area contributed by atoms with Crippen LogP contribution < -0.4 is 0 Å². The van der Waals surface area contributed by atoms with E-state index in [0.29, 0.717) is 12.3 Å². The molecule has 0 bridgehead atoms. The first-order valence-corrected chi connectivity index (χ1v) is 5.40. The molecule has 1 N–H and O–H groups in total. The van der Waals surface area contributed by atoms with Gasteiger partial charge in [0.05, 0.1) is 0 Å². The molecule has 0 heterocycles. The molecule has 16 heavy (non-hydrogen) atoms. The van der Waals surface area contributed by atoms with Gasteiger partial charge >= 0.3 is 5.97 Å². The van der Waals surface area contributed by atoms with Gasteiger partial charge in [-0.2, -0.15) is 0 Å². The van der Waals surface area contributed by atoms with Crippen LogP contribution in [-0.4, -0.2) is 23.3 Å². The van der Waals surface area contributed by atoms with Gasteiger partial charge in [-0.25, -0.2) is 4.79 Å². The minimum atomic E-state index is -0.860. The molecule has 1 rings (SSSR count). The van der Waals surface area contributed by atoms with Crippen LogP contribution in [0.25, 0.3) is 0 Å². The Morgan fingerprint density at radius 1 is 1.38 bits per heavy atom. The van der Waals surface area contributed by atoms with E-state index in [1.165, 1.54) is 0 Å². The molecular weight excluding hydrogens is 202 g/mol. The average molecular weight is 219 g/mol. The highest BCUT2D eigenvalue weighted by molar-refractivity contribution is 5.83. The largest absolute Gasteiger partial charge is 0.480 e. The van der Waals surface area contributed by atoms with Crippen molar-refractivity contribution in [3.8, 4) is 0 Å². The Balaban J connectivity index is 2.68. The normalized spacial score (nSPS) is 13.2. The van der Waals surface area contributed by atoms with Crippen LogP contribution in [0.1, 0.15) is 25.8 Å². The Labute approximate surface area is 95.8 Å². The number of nitrogens with zero attached hydrogens (tertiary/aromatic N) is 1. The highest BCUT2D eigenvalue weighted by atomic mass is 16.4. The summed E-state index contributed by atoms with van der Waals surface area (Å²) in [5.41, 5.74) is 0.928. The number of carboxylic acids is 1. The zero-order valence-corrected chi connectivity index (χ0v) is 9.63. The lowest BCUT2D eigenvalue weighted by Crippen LogP contribution is -2.20. The first-order valence-electron chi connectivity index (χ1n) is 5.40. The first kappa shape index (κ1) is 12.4. The van der Waals surface area contributed by atoms with Crippen LogP contribution in [0, 0.1) is 5.92 Å². The van der Waals surface area contributed by atoms with Crippen LogP contribution in [0.4, 0.5) is 0 Å². The Morgan fingerprint density at radius 3 is 2.50 bits per heavy atom. The third-order valence-electron chi connectivity index (χ3n) is 2.18. The summed E-state index contributed by atoms with van der Waals surface area (Å²) in [7, 11) is 0. The smallest absolute Gasteiger partial charge is 0.328 e. The third-order valence-corrected chi connectivity index (χ3v) is 2.18. The van der Waals surface area contributed by atoms with Crippen molar-refractivity contribution in [3.63, 3.8) is 0 Å². The summed E-state index contributed by atoms with van der Waals surface area (Å²) in [6, 6.07) is 8.88. The number of aliphatic carboxylic acids is 1. The van der Waals surface area contributed by atoms with Gasteiger partial charge in [-0.15, -0.1) is 0 Å². The molecule has 0 fully saturated rings. The molecule has 0 amide bonds. The predicted molar refractivity (Wildman–Crippen MR) is 64.9 cm³/mol. The molecule has 1 aromatic carbocycles. The molecule has 1 aromatic rings. The van der Waals surface area contributed by atoms with E-state index in [1.54, 1.807) is 6.21 Å². The molecule has 3 nitrogen and oxygen atoms in total. The van der Waals surface area contributed by atoms with Crippen LogP contribution in [-0.2, 0) is 4.79 Å². The van der Waals surface area contributed by atoms with E-state index in [-0.39, 0.29) is 0 Å². The van der Waals surface area contributed by atoms with Gasteiger partial charge in [-0.05, 0) is 17.9 Å². The van der Waals surface area contributed by atoms with Crippen molar-refractivity contribution in [2.75, 3.05) is 0 Å². The van der Waals surface area contributed by atoms with Crippen molar-refractivity contribution in [3.05, 3.63) is 35.9 Å². The second-order valence-electron chi connectivity index (χ2n) is 4.17. The second-order valence-corrected chi connectivity index (χ2v) is 4.17. The highest BCUT2D eigenvalue weighted by Crippen LogP contribution is 2.08. The molecule has 0 saturated heterocycles. The van der Waals surface area contributed by atoms with E-state index < -0.39 is 12.0 Å². The topological polar surface area (TPSA) is 49.7 Å². The van der Waals surface area contributed by atoms with Gasteiger partial charge in [0.1, 0.15) is 6.04 Å². The molecule has 3 heteroatoms. The van der Waals surface area contributed by atoms with E-state index in [0.717, 1.165) is 5.56 Å². The van der Waals surface area contributed by atoms with Gasteiger partial charge in [0.25, 0.3) is 0 Å². The Hall–Kier alpha value is -1.64. The molecule has 0 aromatic heterocycles. The fourth-order valence-electron chi connectivity index (χ4n) is 1.39. The molecule has 0 radical (unpaired) electrons. The monoisotopic (exact) mass is 219 g/mol. The minimum absolute atomic E-state index is 0.328. The number of hydrogen-bond acceptors (Lipinski definition) is 2. The van der Waals surface area contributed by atoms with Crippen molar-refractivity contribution < 1.29 is 9.90 Å². The van der Waals surface area contributed by atoms with Crippen LogP contribution >= 0.6 is 0 Å². The predicted octanol–water partition coefficient (Wildman–Crippen LogP) is 2.60. The number of benzene rings is 1. The van der Waals surface area contributed by atoms with Crippen LogP contribution in [0.15, 0.2) is 35.3 Å². The van der Waals surface area contributed by atoms with Crippen molar-refractivity contribution in [2.24, 2.45) is 10.9 Å². The molecular formula is C13H17NO2. The second kappa shape index (κ2) is 6.05. The molecule has 0 aliphatic heterocycles. The lowest BCUT2D eigenvalue weighted by Gasteiger charge is -2.09. The zero-order chi connectivity index (χ0) is 12.0. The first-order chi connectivity index (χ1) is 7.59. The fourth-order valence-corrected chi connectivity index (χ4v) is 1.39. The summed E-state index contributed by atoms with van der Waals surface area (Å²) in [6.07, 6.45) is 2.19. The van der Waals surface area contributed by atoms with Gasteiger partial charge in [0, 0.05) is 6.21 Å². The van der Waals surface area contributed by atoms with E-state index >= 15 is 0 Å². The standard InChI is InChI=1S/C13H17NO2/c1-10(2)8-12(13(15)16)14-9-11-6-4-3-5-7-11/h3-7,9-10,12H,8H2,1-2H3,(H,15,16)/b14-9+. The Bertz CT molecular complexity index is 357. The van der Waals surface area contributed by atoms with Crippen molar-refractivity contribution >= 4 is 12.2 Å². The Kier molecular flexibility index (Phi) is 4.70. The van der Waals surface area contributed by atoms with E-state index in [4.69, 9.17) is 5.11 Å². The van der Waals surface area contributed by atoms with Gasteiger partial charge < -0.3 is 5.11 Å². The molecule has 0 spiro atoms. The minimum Gasteiger partial charge on any atom is -0.480 e. The number of carboxylic acid groups (broad SMARTS) is 1. The third kappa shape index (κ3) is 4.26. The summed E-state index contributed by atoms with van der Waals surface area (Å²) in [6.45, 7) is 3.99. The maximum Gasteiger partial charge on any atom is 0.328 e. The highest BCUT2D eigenvalue weighted by Gasteiger charge is 2.16. The summed E-state index contributed by atoms with van der Waals surface area (Å²) in [4.78, 5) is 15.1. The van der Waals surface area contributed by atoms with Gasteiger partial charge in [0.15, 0.2) is 0 Å². The number of rotatable bonds is 5. The lowest BCUT2D eigenvalue weighted by molar-refractivity contribution is -0.138. The number of hydrogen-bond donors (Lipinski definition) is 1. The van der Waals surface area contributed by atoms with Gasteiger partial charge in [-0.3, -0.25) is 4.99 Å².